The Kier molecular flexibility index (Phi) is 5.46. The summed E-state index contributed by atoms with van der Waals surface area (Å²) in [7, 11) is 0. The predicted octanol–water partition coefficient (Wildman–Crippen LogP) is 1.25. The molecule has 140 valence electrons. The highest BCUT2D eigenvalue weighted by Gasteiger charge is 2.58. The van der Waals surface area contributed by atoms with E-state index < -0.39 is 0 Å². The normalized spacial score (nSPS) is 40.2. The summed E-state index contributed by atoms with van der Waals surface area (Å²) in [6.45, 7) is 25.7. The highest BCUT2D eigenvalue weighted by atomic mass is 15.7. The SMILES string of the molecule is C=NC1C(C)C(C(C)(C)N2C(N=C)C(C)N(N)C2N=C)C(C)N1N=C. The first kappa shape index (κ1) is 19.7. The van der Waals surface area contributed by atoms with Gasteiger partial charge in [0.1, 0.15) is 12.3 Å². The molecule has 0 aliphatic carbocycles. The third-order valence-electron chi connectivity index (χ3n) is 6.13. The number of rotatable bonds is 6. The van der Waals surface area contributed by atoms with Crippen LogP contribution in [-0.4, -0.2) is 78.0 Å². The fourth-order valence-corrected chi connectivity index (χ4v) is 5.08. The number of hydrazone groups is 1. The lowest BCUT2D eigenvalue weighted by atomic mass is 9.75. The van der Waals surface area contributed by atoms with Gasteiger partial charge in [0, 0.05) is 24.1 Å². The van der Waals surface area contributed by atoms with Crippen molar-refractivity contribution in [2.45, 2.75) is 70.9 Å². The fourth-order valence-electron chi connectivity index (χ4n) is 5.08. The minimum atomic E-state index is -0.360. The maximum Gasteiger partial charge on any atom is 0.172 e. The van der Waals surface area contributed by atoms with Gasteiger partial charge in [0.05, 0.1) is 12.1 Å². The lowest BCUT2D eigenvalue weighted by molar-refractivity contribution is -0.0202. The molecule has 0 radical (unpaired) electrons. The van der Waals surface area contributed by atoms with E-state index in [9.17, 15) is 0 Å². The van der Waals surface area contributed by atoms with E-state index in [2.05, 4.69) is 79.5 Å². The molecule has 2 rings (SSSR count). The van der Waals surface area contributed by atoms with Crippen LogP contribution in [0.25, 0.3) is 0 Å². The van der Waals surface area contributed by atoms with Crippen LogP contribution in [0.4, 0.5) is 0 Å². The van der Waals surface area contributed by atoms with Crippen molar-refractivity contribution < 1.29 is 0 Å². The molecule has 0 aromatic heterocycles. The van der Waals surface area contributed by atoms with E-state index in [1.54, 1.807) is 5.01 Å². The maximum absolute atomic E-state index is 6.26. The lowest BCUT2D eigenvalue weighted by Crippen LogP contribution is -2.59. The van der Waals surface area contributed by atoms with E-state index in [0.717, 1.165) is 0 Å². The summed E-state index contributed by atoms with van der Waals surface area (Å²) in [6.07, 6.45) is -0.632. The van der Waals surface area contributed by atoms with E-state index >= 15 is 0 Å². The van der Waals surface area contributed by atoms with Gasteiger partial charge in [-0.25, -0.2) is 9.91 Å². The average molecular weight is 348 g/mol. The second-order valence-corrected chi connectivity index (χ2v) is 7.62. The summed E-state index contributed by atoms with van der Waals surface area (Å²) < 4.78 is 0. The molecule has 0 amide bonds. The molecular formula is C17H32N8. The zero-order valence-corrected chi connectivity index (χ0v) is 16.1. The van der Waals surface area contributed by atoms with E-state index in [-0.39, 0.29) is 48.1 Å². The molecule has 0 spiro atoms. The number of nitrogens with zero attached hydrogens (tertiary/aromatic N) is 7. The van der Waals surface area contributed by atoms with Crippen LogP contribution < -0.4 is 5.84 Å². The Bertz CT molecular complexity index is 507. The minimum Gasteiger partial charge on any atom is -0.280 e. The van der Waals surface area contributed by atoms with Gasteiger partial charge in [-0.2, -0.15) is 5.10 Å². The zero-order chi connectivity index (χ0) is 19.1. The number of hydrazine groups is 1. The molecule has 8 nitrogen and oxygen atoms in total. The smallest absolute Gasteiger partial charge is 0.172 e. The van der Waals surface area contributed by atoms with Crippen molar-refractivity contribution in [3.05, 3.63) is 0 Å². The number of hydrogen-bond acceptors (Lipinski definition) is 8. The van der Waals surface area contributed by atoms with Gasteiger partial charge >= 0.3 is 0 Å². The van der Waals surface area contributed by atoms with Gasteiger partial charge in [0.25, 0.3) is 0 Å². The number of aliphatic imine (C=N–C) groups is 3. The van der Waals surface area contributed by atoms with Crippen LogP contribution in [0.1, 0.15) is 34.6 Å². The summed E-state index contributed by atoms with van der Waals surface area (Å²) in [5.41, 5.74) is -0.304. The molecule has 2 saturated heterocycles. The second-order valence-electron chi connectivity index (χ2n) is 7.62. The Morgan fingerprint density at radius 1 is 0.880 bits per heavy atom. The van der Waals surface area contributed by atoms with Gasteiger partial charge in [0.2, 0.25) is 0 Å². The molecule has 0 aromatic carbocycles. The molecule has 0 aromatic rings. The van der Waals surface area contributed by atoms with E-state index in [1.807, 2.05) is 11.9 Å². The molecule has 2 N–H and O–H groups in total. The Labute approximate surface area is 151 Å². The zero-order valence-electron chi connectivity index (χ0n) is 16.1. The molecule has 2 aliphatic heterocycles. The highest BCUT2D eigenvalue weighted by molar-refractivity contribution is 5.28. The Balaban J connectivity index is 2.48. The van der Waals surface area contributed by atoms with Crippen LogP contribution in [0, 0.1) is 11.8 Å². The minimum absolute atomic E-state index is 0.0127. The number of nitrogens with two attached hydrogens (primary N) is 1. The number of hydrogen-bond donors (Lipinski definition) is 1. The first-order valence-electron chi connectivity index (χ1n) is 8.62. The molecule has 0 saturated carbocycles. The van der Waals surface area contributed by atoms with Gasteiger partial charge in [-0.3, -0.25) is 25.8 Å². The largest absolute Gasteiger partial charge is 0.280 e. The standard InChI is InChI=1S/C17H32N8/c1-10-13(11(2)25(22-9)14(10)19-6)17(4,5)23-15(20-7)12(3)24(18)16(23)21-8/h10-16H,6-9,18H2,1-5H3. The predicted molar refractivity (Wildman–Crippen MR) is 105 cm³/mol. The first-order chi connectivity index (χ1) is 11.7. The van der Waals surface area contributed by atoms with Crippen molar-refractivity contribution in [1.82, 2.24) is 14.9 Å². The van der Waals surface area contributed by atoms with Crippen molar-refractivity contribution in [2.75, 3.05) is 0 Å². The third kappa shape index (κ3) is 2.72. The van der Waals surface area contributed by atoms with Crippen LogP contribution >= 0.6 is 0 Å². The van der Waals surface area contributed by atoms with Crippen molar-refractivity contribution in [3.63, 3.8) is 0 Å². The second kappa shape index (κ2) is 6.93. The summed E-state index contributed by atoms with van der Waals surface area (Å²) >= 11 is 0. The molecule has 2 fully saturated rings. The van der Waals surface area contributed by atoms with Crippen LogP contribution in [0.3, 0.4) is 0 Å². The third-order valence-corrected chi connectivity index (χ3v) is 6.13. The molecule has 2 heterocycles. The Morgan fingerprint density at radius 2 is 1.44 bits per heavy atom. The maximum atomic E-state index is 6.26. The van der Waals surface area contributed by atoms with Crippen LogP contribution in [0.5, 0.6) is 0 Å². The van der Waals surface area contributed by atoms with Crippen molar-refractivity contribution in [3.8, 4) is 0 Å². The van der Waals surface area contributed by atoms with Crippen LogP contribution in [0.2, 0.25) is 0 Å². The fraction of sp³-hybridized carbons (Fsp3) is 0.765. The van der Waals surface area contributed by atoms with Gasteiger partial charge < -0.3 is 0 Å². The summed E-state index contributed by atoms with van der Waals surface area (Å²) in [5.74, 6) is 6.71. The quantitative estimate of drug-likeness (QED) is 0.578. The summed E-state index contributed by atoms with van der Waals surface area (Å²) in [4.78, 5) is 15.1. The Hall–Kier alpha value is -1.64. The summed E-state index contributed by atoms with van der Waals surface area (Å²) in [6, 6.07) is 0.123. The molecule has 2 aliphatic rings. The van der Waals surface area contributed by atoms with Crippen LogP contribution in [-0.2, 0) is 0 Å². The molecule has 7 atom stereocenters. The molecule has 7 unspecified atom stereocenters. The van der Waals surface area contributed by atoms with Gasteiger partial charge in [-0.05, 0) is 47.8 Å². The molecule has 25 heavy (non-hydrogen) atoms. The monoisotopic (exact) mass is 348 g/mol. The van der Waals surface area contributed by atoms with Crippen molar-refractivity contribution in [1.29, 1.82) is 0 Å². The first-order valence-corrected chi connectivity index (χ1v) is 8.62. The van der Waals surface area contributed by atoms with Gasteiger partial charge in [-0.15, -0.1) is 0 Å². The topological polar surface area (TPSA) is 85.2 Å². The van der Waals surface area contributed by atoms with E-state index in [0.29, 0.717) is 0 Å². The van der Waals surface area contributed by atoms with E-state index in [1.165, 1.54) is 0 Å². The lowest BCUT2D eigenvalue weighted by Gasteiger charge is -2.47. The van der Waals surface area contributed by atoms with Gasteiger partial charge in [0.15, 0.2) is 6.29 Å². The molecular weight excluding hydrogens is 316 g/mol. The highest BCUT2D eigenvalue weighted by Crippen LogP contribution is 2.47. The van der Waals surface area contributed by atoms with Crippen LogP contribution in [0.15, 0.2) is 20.1 Å². The van der Waals surface area contributed by atoms with Crippen molar-refractivity contribution >= 4 is 26.9 Å². The Morgan fingerprint density at radius 3 is 1.84 bits per heavy atom. The van der Waals surface area contributed by atoms with E-state index in [4.69, 9.17) is 5.84 Å². The molecule has 0 bridgehead atoms. The average Bonchev–Trinajstić information content (AvgIpc) is 2.97. The van der Waals surface area contributed by atoms with Gasteiger partial charge in [-0.1, -0.05) is 6.92 Å². The molecule has 8 heteroatoms. The van der Waals surface area contributed by atoms with Crippen molar-refractivity contribution in [2.24, 2.45) is 37.8 Å². The summed E-state index contributed by atoms with van der Waals surface area (Å²) in [5, 5.41) is 7.83.